The quantitative estimate of drug-likeness (QED) is 0.819. The molecule has 0 radical (unpaired) electrons. The summed E-state index contributed by atoms with van der Waals surface area (Å²) in [5.74, 6) is -0.506. The summed E-state index contributed by atoms with van der Waals surface area (Å²) in [5, 5.41) is 9.27. The minimum Gasteiger partial charge on any atom is -0.461 e. The highest BCUT2D eigenvalue weighted by Crippen LogP contribution is 2.25. The van der Waals surface area contributed by atoms with Gasteiger partial charge < -0.3 is 23.9 Å². The second kappa shape index (κ2) is 5.80. The lowest BCUT2D eigenvalue weighted by molar-refractivity contribution is -0.101. The molecular weight excluding hydrogens is 264 g/mol. The number of hydrogen-bond acceptors (Lipinski definition) is 7. The van der Waals surface area contributed by atoms with Crippen molar-refractivity contribution in [1.82, 2.24) is 4.98 Å². The molecule has 0 aromatic carbocycles. The Morgan fingerprint density at radius 2 is 2.40 bits per heavy atom. The van der Waals surface area contributed by atoms with Crippen LogP contribution in [0.4, 0.5) is 6.01 Å². The normalized spacial score (nSPS) is 21.8. The van der Waals surface area contributed by atoms with E-state index >= 15 is 0 Å². The molecule has 0 bridgehead atoms. The van der Waals surface area contributed by atoms with Crippen LogP contribution in [0.25, 0.3) is 0 Å². The number of aliphatic hydroxyl groups excluding tert-OH is 1. The molecule has 1 fully saturated rings. The van der Waals surface area contributed by atoms with Crippen LogP contribution in [-0.4, -0.2) is 54.1 Å². The maximum absolute atomic E-state index is 11.6. The van der Waals surface area contributed by atoms with Crippen molar-refractivity contribution >= 4 is 12.0 Å². The molecule has 2 rings (SSSR count). The van der Waals surface area contributed by atoms with Crippen LogP contribution in [0.1, 0.15) is 31.3 Å². The molecule has 2 heterocycles. The SMILES string of the molecule is CCOC(=O)c1coc(N2CC(CO)OC(C)(C)C2)n1. The first-order valence-corrected chi connectivity index (χ1v) is 6.61. The molecule has 7 nitrogen and oxygen atoms in total. The summed E-state index contributed by atoms with van der Waals surface area (Å²) >= 11 is 0. The van der Waals surface area contributed by atoms with E-state index in [1.54, 1.807) is 6.92 Å². The lowest BCUT2D eigenvalue weighted by Crippen LogP contribution is -2.54. The van der Waals surface area contributed by atoms with E-state index in [0.29, 0.717) is 19.1 Å². The van der Waals surface area contributed by atoms with Gasteiger partial charge in [-0.25, -0.2) is 4.79 Å². The molecule has 112 valence electrons. The standard InChI is InChI=1S/C13H20N2O5/c1-4-18-11(17)10-7-19-12(14-10)15-5-9(6-16)20-13(2,3)8-15/h7,9,16H,4-6,8H2,1-3H3. The Morgan fingerprint density at radius 1 is 1.65 bits per heavy atom. The van der Waals surface area contributed by atoms with Crippen LogP contribution in [-0.2, 0) is 9.47 Å². The van der Waals surface area contributed by atoms with E-state index in [2.05, 4.69) is 4.98 Å². The van der Waals surface area contributed by atoms with Gasteiger partial charge in [-0.1, -0.05) is 0 Å². The van der Waals surface area contributed by atoms with E-state index in [1.165, 1.54) is 6.26 Å². The second-order valence-electron chi connectivity index (χ2n) is 5.30. The van der Waals surface area contributed by atoms with Crippen molar-refractivity contribution in [3.05, 3.63) is 12.0 Å². The Morgan fingerprint density at radius 3 is 3.05 bits per heavy atom. The first-order chi connectivity index (χ1) is 9.45. The summed E-state index contributed by atoms with van der Waals surface area (Å²) in [7, 11) is 0. The van der Waals surface area contributed by atoms with E-state index in [0.717, 1.165) is 0 Å². The summed E-state index contributed by atoms with van der Waals surface area (Å²) in [4.78, 5) is 17.5. The van der Waals surface area contributed by atoms with Crippen molar-refractivity contribution in [2.24, 2.45) is 0 Å². The highest BCUT2D eigenvalue weighted by Gasteiger charge is 2.35. The van der Waals surface area contributed by atoms with Gasteiger partial charge in [0.25, 0.3) is 6.01 Å². The lowest BCUT2D eigenvalue weighted by atomic mass is 10.1. The number of morpholine rings is 1. The van der Waals surface area contributed by atoms with Gasteiger partial charge in [0.15, 0.2) is 5.69 Å². The van der Waals surface area contributed by atoms with Gasteiger partial charge in [-0.3, -0.25) is 0 Å². The Hall–Kier alpha value is -1.60. The number of oxazole rings is 1. The van der Waals surface area contributed by atoms with E-state index in [1.807, 2.05) is 18.7 Å². The average molecular weight is 284 g/mol. The van der Waals surface area contributed by atoms with Gasteiger partial charge in [-0.15, -0.1) is 0 Å². The summed E-state index contributed by atoms with van der Waals surface area (Å²) in [6, 6.07) is 0.336. The third-order valence-electron chi connectivity index (χ3n) is 2.93. The first kappa shape index (κ1) is 14.8. The van der Waals surface area contributed by atoms with Gasteiger partial charge in [-0.2, -0.15) is 4.98 Å². The Labute approximate surface area is 117 Å². The fourth-order valence-corrected chi connectivity index (χ4v) is 2.24. The molecule has 0 aliphatic carbocycles. The maximum Gasteiger partial charge on any atom is 0.360 e. The van der Waals surface area contributed by atoms with Crippen molar-refractivity contribution in [3.63, 3.8) is 0 Å². The zero-order valence-electron chi connectivity index (χ0n) is 12.0. The number of nitrogens with zero attached hydrogens (tertiary/aromatic N) is 2. The van der Waals surface area contributed by atoms with Gasteiger partial charge in [0.2, 0.25) is 0 Å². The van der Waals surface area contributed by atoms with Crippen molar-refractivity contribution in [2.75, 3.05) is 31.2 Å². The molecule has 0 amide bonds. The molecule has 0 spiro atoms. The fourth-order valence-electron chi connectivity index (χ4n) is 2.24. The number of aromatic nitrogens is 1. The minimum absolute atomic E-state index is 0.0780. The third-order valence-corrected chi connectivity index (χ3v) is 2.93. The molecule has 0 saturated carbocycles. The number of rotatable bonds is 4. The minimum atomic E-state index is -0.506. The summed E-state index contributed by atoms with van der Waals surface area (Å²) in [5.41, 5.74) is -0.281. The molecule has 1 unspecified atom stereocenters. The summed E-state index contributed by atoms with van der Waals surface area (Å²) in [6.07, 6.45) is 0.973. The third kappa shape index (κ3) is 3.29. The van der Waals surface area contributed by atoms with Crippen molar-refractivity contribution < 1.29 is 23.8 Å². The van der Waals surface area contributed by atoms with E-state index in [4.69, 9.17) is 13.9 Å². The average Bonchev–Trinajstić information content (AvgIpc) is 2.86. The van der Waals surface area contributed by atoms with Crippen molar-refractivity contribution in [3.8, 4) is 0 Å². The van der Waals surface area contributed by atoms with Crippen LogP contribution in [0.15, 0.2) is 10.7 Å². The van der Waals surface area contributed by atoms with Crippen molar-refractivity contribution in [2.45, 2.75) is 32.5 Å². The summed E-state index contributed by atoms with van der Waals surface area (Å²) in [6.45, 7) is 6.82. The number of carbonyl (C=O) groups is 1. The molecule has 1 aliphatic rings. The zero-order chi connectivity index (χ0) is 14.8. The molecule has 20 heavy (non-hydrogen) atoms. The topological polar surface area (TPSA) is 85.0 Å². The van der Waals surface area contributed by atoms with Crippen LogP contribution >= 0.6 is 0 Å². The number of carbonyl (C=O) groups excluding carboxylic acids is 1. The Balaban J connectivity index is 2.12. The number of hydrogen-bond donors (Lipinski definition) is 1. The van der Waals surface area contributed by atoms with Crippen molar-refractivity contribution in [1.29, 1.82) is 0 Å². The van der Waals surface area contributed by atoms with E-state index in [-0.39, 0.29) is 25.0 Å². The molecule has 1 aromatic rings. The molecule has 1 atom stereocenters. The number of aliphatic hydroxyl groups is 1. The Bertz CT molecular complexity index is 471. The highest BCUT2D eigenvalue weighted by atomic mass is 16.5. The van der Waals surface area contributed by atoms with Crippen LogP contribution in [0.3, 0.4) is 0 Å². The number of esters is 1. The smallest absolute Gasteiger partial charge is 0.360 e. The zero-order valence-corrected chi connectivity index (χ0v) is 12.0. The van der Waals surface area contributed by atoms with Gasteiger partial charge in [0.1, 0.15) is 6.26 Å². The molecule has 1 N–H and O–H groups in total. The van der Waals surface area contributed by atoms with Gasteiger partial charge in [0.05, 0.1) is 38.0 Å². The van der Waals surface area contributed by atoms with Crippen LogP contribution in [0.2, 0.25) is 0 Å². The predicted octanol–water partition coefficient (Wildman–Crippen LogP) is 0.827. The van der Waals surface area contributed by atoms with Crippen LogP contribution < -0.4 is 4.90 Å². The fraction of sp³-hybridized carbons (Fsp3) is 0.692. The van der Waals surface area contributed by atoms with Gasteiger partial charge in [-0.05, 0) is 20.8 Å². The van der Waals surface area contributed by atoms with Crippen LogP contribution in [0, 0.1) is 0 Å². The largest absolute Gasteiger partial charge is 0.461 e. The van der Waals surface area contributed by atoms with Gasteiger partial charge in [0, 0.05) is 0 Å². The number of ether oxygens (including phenoxy) is 2. The Kier molecular flexibility index (Phi) is 4.29. The molecule has 1 aromatic heterocycles. The maximum atomic E-state index is 11.6. The molecule has 1 saturated heterocycles. The summed E-state index contributed by atoms with van der Waals surface area (Å²) < 4.78 is 15.9. The predicted molar refractivity (Wildman–Crippen MR) is 70.7 cm³/mol. The number of anilines is 1. The lowest BCUT2D eigenvalue weighted by Gasteiger charge is -2.41. The first-order valence-electron chi connectivity index (χ1n) is 6.61. The molecule has 7 heteroatoms. The highest BCUT2D eigenvalue weighted by molar-refractivity contribution is 5.87. The molecule has 1 aliphatic heterocycles. The van der Waals surface area contributed by atoms with E-state index < -0.39 is 11.6 Å². The van der Waals surface area contributed by atoms with Crippen LogP contribution in [0.5, 0.6) is 0 Å². The molecular formula is C13H20N2O5. The van der Waals surface area contributed by atoms with E-state index in [9.17, 15) is 9.90 Å². The van der Waals surface area contributed by atoms with Gasteiger partial charge >= 0.3 is 5.97 Å². The monoisotopic (exact) mass is 284 g/mol. The second-order valence-corrected chi connectivity index (χ2v) is 5.30.